The van der Waals surface area contributed by atoms with E-state index in [1.54, 1.807) is 84.9 Å². The Morgan fingerprint density at radius 1 is 0.767 bits per heavy atom. The molecular weight excluding hydrogens is 380 g/mol. The number of benzene rings is 3. The number of para-hydroxylation sites is 1. The second kappa shape index (κ2) is 10.0. The predicted molar refractivity (Wildman–Crippen MR) is 114 cm³/mol. The van der Waals surface area contributed by atoms with Gasteiger partial charge in [0.05, 0.1) is 0 Å². The molecule has 0 radical (unpaired) electrons. The van der Waals surface area contributed by atoms with Crippen molar-refractivity contribution in [3.8, 4) is 0 Å². The standard InChI is InChI=1S/C24H22N2O4/c1-17(22(27)25-20-15-9-4-10-16-20)30-24(29)21(18-11-5-2-6-12-18)26-23(28)19-13-7-3-8-14-19/h2-17,21H,1H3,(H,25,27)(H,26,28)/t17-,21+/m0/s1. The monoisotopic (exact) mass is 402 g/mol. The van der Waals surface area contributed by atoms with E-state index in [-0.39, 0.29) is 0 Å². The summed E-state index contributed by atoms with van der Waals surface area (Å²) >= 11 is 0. The number of rotatable bonds is 7. The lowest BCUT2D eigenvalue weighted by Crippen LogP contribution is -2.38. The highest BCUT2D eigenvalue weighted by molar-refractivity contribution is 5.98. The van der Waals surface area contributed by atoms with Crippen molar-refractivity contribution in [3.05, 3.63) is 102 Å². The summed E-state index contributed by atoms with van der Waals surface area (Å²) < 4.78 is 5.37. The Kier molecular flexibility index (Phi) is 6.95. The molecule has 0 bridgehead atoms. The molecule has 0 saturated carbocycles. The summed E-state index contributed by atoms with van der Waals surface area (Å²) in [7, 11) is 0. The molecule has 0 spiro atoms. The van der Waals surface area contributed by atoms with Crippen molar-refractivity contribution >= 4 is 23.5 Å². The molecule has 0 unspecified atom stereocenters. The molecule has 0 fully saturated rings. The minimum atomic E-state index is -1.05. The van der Waals surface area contributed by atoms with Gasteiger partial charge >= 0.3 is 5.97 Å². The molecule has 3 aromatic rings. The first-order valence-electron chi connectivity index (χ1n) is 9.52. The Bertz CT molecular complexity index is 991. The molecule has 0 saturated heterocycles. The average molecular weight is 402 g/mol. The maximum absolute atomic E-state index is 12.9. The molecule has 0 aliphatic carbocycles. The topological polar surface area (TPSA) is 84.5 Å². The highest BCUT2D eigenvalue weighted by Crippen LogP contribution is 2.17. The van der Waals surface area contributed by atoms with Gasteiger partial charge in [0.25, 0.3) is 11.8 Å². The van der Waals surface area contributed by atoms with Crippen LogP contribution in [0.25, 0.3) is 0 Å². The third-order valence-corrected chi connectivity index (χ3v) is 4.38. The Morgan fingerprint density at radius 3 is 1.90 bits per heavy atom. The molecule has 6 nitrogen and oxygen atoms in total. The summed E-state index contributed by atoms with van der Waals surface area (Å²) in [6, 6.07) is 25.2. The summed E-state index contributed by atoms with van der Waals surface area (Å²) in [6.45, 7) is 1.48. The van der Waals surface area contributed by atoms with Crippen LogP contribution in [-0.4, -0.2) is 23.9 Å². The third-order valence-electron chi connectivity index (χ3n) is 4.38. The summed E-state index contributed by atoms with van der Waals surface area (Å²) in [5.74, 6) is -1.60. The number of carbonyl (C=O) groups excluding carboxylic acids is 3. The van der Waals surface area contributed by atoms with Gasteiger partial charge in [0.1, 0.15) is 0 Å². The quantitative estimate of drug-likeness (QED) is 0.590. The van der Waals surface area contributed by atoms with Gasteiger partial charge in [-0.15, -0.1) is 0 Å². The van der Waals surface area contributed by atoms with Crippen LogP contribution in [0.1, 0.15) is 28.9 Å². The second-order valence-electron chi connectivity index (χ2n) is 6.62. The van der Waals surface area contributed by atoms with E-state index in [2.05, 4.69) is 10.6 Å². The molecule has 0 heterocycles. The zero-order chi connectivity index (χ0) is 21.3. The molecule has 2 atom stereocenters. The molecule has 2 N–H and O–H groups in total. The lowest BCUT2D eigenvalue weighted by molar-refractivity contribution is -0.155. The van der Waals surface area contributed by atoms with Gasteiger partial charge in [0, 0.05) is 11.3 Å². The van der Waals surface area contributed by atoms with Gasteiger partial charge in [0.2, 0.25) is 0 Å². The SMILES string of the molecule is C[C@H](OC(=O)[C@H](NC(=O)c1ccccc1)c1ccccc1)C(=O)Nc1ccccc1. The van der Waals surface area contributed by atoms with Gasteiger partial charge in [-0.2, -0.15) is 0 Å². The Morgan fingerprint density at radius 2 is 1.30 bits per heavy atom. The van der Waals surface area contributed by atoms with E-state index in [9.17, 15) is 14.4 Å². The number of hydrogen-bond acceptors (Lipinski definition) is 4. The van der Waals surface area contributed by atoms with Crippen LogP contribution in [0, 0.1) is 0 Å². The van der Waals surface area contributed by atoms with Crippen LogP contribution in [0.5, 0.6) is 0 Å². The lowest BCUT2D eigenvalue weighted by atomic mass is 10.1. The highest BCUT2D eigenvalue weighted by Gasteiger charge is 2.28. The summed E-state index contributed by atoms with van der Waals surface area (Å²) in [6.07, 6.45) is -1.04. The molecule has 3 aromatic carbocycles. The molecule has 0 aliphatic rings. The molecular formula is C24H22N2O4. The van der Waals surface area contributed by atoms with Crippen molar-refractivity contribution < 1.29 is 19.1 Å². The fourth-order valence-corrected chi connectivity index (χ4v) is 2.79. The van der Waals surface area contributed by atoms with Gasteiger partial charge in [-0.25, -0.2) is 4.79 Å². The normalized spacial score (nSPS) is 12.3. The maximum atomic E-state index is 12.9. The smallest absolute Gasteiger partial charge is 0.334 e. The maximum Gasteiger partial charge on any atom is 0.334 e. The van der Waals surface area contributed by atoms with Crippen LogP contribution in [0.3, 0.4) is 0 Å². The van der Waals surface area contributed by atoms with E-state index >= 15 is 0 Å². The fraction of sp³-hybridized carbons (Fsp3) is 0.125. The first-order valence-corrected chi connectivity index (χ1v) is 9.52. The molecule has 3 rings (SSSR count). The van der Waals surface area contributed by atoms with Gasteiger partial charge < -0.3 is 15.4 Å². The Balaban J connectivity index is 1.72. The van der Waals surface area contributed by atoms with Crippen molar-refractivity contribution in [2.45, 2.75) is 19.1 Å². The van der Waals surface area contributed by atoms with Crippen molar-refractivity contribution in [1.29, 1.82) is 0 Å². The van der Waals surface area contributed by atoms with Crippen LogP contribution in [0.2, 0.25) is 0 Å². The molecule has 152 valence electrons. The Hall–Kier alpha value is -3.93. The largest absolute Gasteiger partial charge is 0.451 e. The zero-order valence-corrected chi connectivity index (χ0v) is 16.4. The first kappa shape index (κ1) is 20.8. The van der Waals surface area contributed by atoms with E-state index in [4.69, 9.17) is 4.74 Å². The van der Waals surface area contributed by atoms with Crippen LogP contribution in [0.4, 0.5) is 5.69 Å². The molecule has 0 aromatic heterocycles. The predicted octanol–water partition coefficient (Wildman–Crippen LogP) is 3.73. The average Bonchev–Trinajstić information content (AvgIpc) is 2.79. The number of ether oxygens (including phenoxy) is 1. The molecule has 6 heteroatoms. The first-order chi connectivity index (χ1) is 14.5. The van der Waals surface area contributed by atoms with E-state index in [0.717, 1.165) is 0 Å². The number of amides is 2. The number of esters is 1. The van der Waals surface area contributed by atoms with E-state index < -0.39 is 29.9 Å². The number of carbonyl (C=O) groups is 3. The van der Waals surface area contributed by atoms with Gasteiger partial charge in [-0.3, -0.25) is 9.59 Å². The fourth-order valence-electron chi connectivity index (χ4n) is 2.79. The van der Waals surface area contributed by atoms with Crippen LogP contribution in [-0.2, 0) is 14.3 Å². The third kappa shape index (κ3) is 5.54. The van der Waals surface area contributed by atoms with E-state index in [0.29, 0.717) is 16.8 Å². The number of anilines is 1. The van der Waals surface area contributed by atoms with Crippen molar-refractivity contribution in [1.82, 2.24) is 5.32 Å². The Labute approximate surface area is 174 Å². The molecule has 2 amide bonds. The zero-order valence-electron chi connectivity index (χ0n) is 16.4. The van der Waals surface area contributed by atoms with Crippen LogP contribution >= 0.6 is 0 Å². The summed E-state index contributed by atoms with van der Waals surface area (Å²) in [4.78, 5) is 37.8. The number of hydrogen-bond donors (Lipinski definition) is 2. The van der Waals surface area contributed by atoms with Gasteiger partial charge in [0.15, 0.2) is 12.1 Å². The minimum Gasteiger partial charge on any atom is -0.451 e. The minimum absolute atomic E-state index is 0.414. The molecule has 30 heavy (non-hydrogen) atoms. The van der Waals surface area contributed by atoms with Crippen molar-refractivity contribution in [3.63, 3.8) is 0 Å². The second-order valence-corrected chi connectivity index (χ2v) is 6.62. The summed E-state index contributed by atoms with van der Waals surface area (Å²) in [5, 5.41) is 5.39. The number of nitrogens with one attached hydrogen (secondary N) is 2. The van der Waals surface area contributed by atoms with Gasteiger partial charge in [-0.1, -0.05) is 66.7 Å². The summed E-state index contributed by atoms with van der Waals surface area (Å²) in [5.41, 5.74) is 1.57. The lowest BCUT2D eigenvalue weighted by Gasteiger charge is -2.21. The van der Waals surface area contributed by atoms with Crippen LogP contribution in [0.15, 0.2) is 91.0 Å². The molecule has 0 aliphatic heterocycles. The van der Waals surface area contributed by atoms with Gasteiger partial charge in [-0.05, 0) is 36.8 Å². The van der Waals surface area contributed by atoms with E-state index in [1.807, 2.05) is 6.07 Å². The van der Waals surface area contributed by atoms with E-state index in [1.165, 1.54) is 6.92 Å². The van der Waals surface area contributed by atoms with Crippen molar-refractivity contribution in [2.24, 2.45) is 0 Å². The highest BCUT2D eigenvalue weighted by atomic mass is 16.5. The van der Waals surface area contributed by atoms with Crippen LogP contribution < -0.4 is 10.6 Å². The van der Waals surface area contributed by atoms with Crippen molar-refractivity contribution in [2.75, 3.05) is 5.32 Å².